The average Bonchev–Trinajstić information content (AvgIpc) is 2.53. The van der Waals surface area contributed by atoms with E-state index in [4.69, 9.17) is 5.73 Å². The van der Waals surface area contributed by atoms with Crippen molar-refractivity contribution in [2.24, 2.45) is 12.8 Å². The fourth-order valence-electron chi connectivity index (χ4n) is 2.05. The maximum Gasteiger partial charge on any atom is 0.138 e. The molecule has 1 heterocycles. The summed E-state index contributed by atoms with van der Waals surface area (Å²) in [6, 6.07) is 0.407. The quantitative estimate of drug-likeness (QED) is 0.695. The average molecular weight is 180 g/mol. The van der Waals surface area contributed by atoms with Gasteiger partial charge in [-0.05, 0) is 25.7 Å². The topological polar surface area (TPSA) is 56.7 Å². The molecule has 1 saturated carbocycles. The summed E-state index contributed by atoms with van der Waals surface area (Å²) < 4.78 is 1.88. The van der Waals surface area contributed by atoms with E-state index in [1.165, 1.54) is 0 Å². The molecule has 1 aromatic heterocycles. The molecule has 1 aliphatic carbocycles. The third kappa shape index (κ3) is 1.72. The monoisotopic (exact) mass is 180 g/mol. The Morgan fingerprint density at radius 3 is 2.62 bits per heavy atom. The van der Waals surface area contributed by atoms with Crippen LogP contribution in [0.15, 0.2) is 6.33 Å². The Balaban J connectivity index is 2.06. The molecule has 0 saturated heterocycles. The van der Waals surface area contributed by atoms with Gasteiger partial charge in [-0.25, -0.2) is 4.98 Å². The fraction of sp³-hybridized carbons (Fsp3) is 0.778. The number of hydrogen-bond acceptors (Lipinski definition) is 3. The minimum Gasteiger partial charge on any atom is -0.328 e. The Hall–Kier alpha value is -0.900. The van der Waals surface area contributed by atoms with Crippen LogP contribution in [0, 0.1) is 0 Å². The number of aryl methyl sites for hydroxylation is 1. The van der Waals surface area contributed by atoms with Gasteiger partial charge in [0.15, 0.2) is 0 Å². The van der Waals surface area contributed by atoms with Crippen LogP contribution in [0.25, 0.3) is 0 Å². The highest BCUT2D eigenvalue weighted by Gasteiger charge is 2.22. The number of aromatic nitrogens is 3. The van der Waals surface area contributed by atoms with Crippen molar-refractivity contribution in [3.8, 4) is 0 Å². The summed E-state index contributed by atoms with van der Waals surface area (Å²) >= 11 is 0. The van der Waals surface area contributed by atoms with E-state index < -0.39 is 0 Å². The predicted octanol–water partition coefficient (Wildman–Crippen LogP) is 0.800. The van der Waals surface area contributed by atoms with Crippen LogP contribution in [0.4, 0.5) is 0 Å². The van der Waals surface area contributed by atoms with Gasteiger partial charge < -0.3 is 5.73 Å². The van der Waals surface area contributed by atoms with Crippen molar-refractivity contribution in [3.05, 3.63) is 12.2 Å². The van der Waals surface area contributed by atoms with Gasteiger partial charge in [0, 0.05) is 19.0 Å². The van der Waals surface area contributed by atoms with E-state index in [1.807, 2.05) is 11.7 Å². The van der Waals surface area contributed by atoms with Gasteiger partial charge in [-0.3, -0.25) is 4.68 Å². The molecule has 1 aromatic rings. The molecule has 0 unspecified atom stereocenters. The second-order valence-electron chi connectivity index (χ2n) is 3.85. The van der Waals surface area contributed by atoms with E-state index in [9.17, 15) is 0 Å². The molecular formula is C9H16N4. The highest BCUT2D eigenvalue weighted by molar-refractivity contribution is 4.97. The van der Waals surface area contributed by atoms with Crippen molar-refractivity contribution < 1.29 is 0 Å². The molecule has 4 nitrogen and oxygen atoms in total. The van der Waals surface area contributed by atoms with Gasteiger partial charge in [-0.1, -0.05) is 0 Å². The number of nitrogens with zero attached hydrogens (tertiary/aromatic N) is 3. The summed E-state index contributed by atoms with van der Waals surface area (Å²) in [6.07, 6.45) is 6.19. The molecule has 1 aliphatic rings. The Kier molecular flexibility index (Phi) is 2.31. The summed E-state index contributed by atoms with van der Waals surface area (Å²) in [5.74, 6) is 1.69. The molecule has 4 heteroatoms. The van der Waals surface area contributed by atoms with Crippen LogP contribution >= 0.6 is 0 Å². The summed E-state index contributed by atoms with van der Waals surface area (Å²) in [4.78, 5) is 4.28. The molecule has 0 aromatic carbocycles. The highest BCUT2D eigenvalue weighted by Crippen LogP contribution is 2.30. The van der Waals surface area contributed by atoms with Crippen LogP contribution in [0.1, 0.15) is 37.4 Å². The molecule has 0 amide bonds. The van der Waals surface area contributed by atoms with Crippen LogP contribution in [0.3, 0.4) is 0 Å². The lowest BCUT2D eigenvalue weighted by Gasteiger charge is -2.24. The van der Waals surface area contributed by atoms with E-state index in [2.05, 4.69) is 10.1 Å². The van der Waals surface area contributed by atoms with Crippen LogP contribution in [0.2, 0.25) is 0 Å². The SMILES string of the molecule is Cn1ncnc1C1CCC(N)CC1. The standard InChI is InChI=1S/C9H16N4/c1-13-9(11-6-12-13)7-2-4-8(10)5-3-7/h6-8H,2-5,10H2,1H3. The molecule has 0 aliphatic heterocycles. The van der Waals surface area contributed by atoms with Crippen molar-refractivity contribution >= 4 is 0 Å². The smallest absolute Gasteiger partial charge is 0.138 e. The minimum atomic E-state index is 0.407. The molecule has 0 bridgehead atoms. The summed E-state index contributed by atoms with van der Waals surface area (Å²) in [6.45, 7) is 0. The lowest BCUT2D eigenvalue weighted by Crippen LogP contribution is -2.26. The van der Waals surface area contributed by atoms with Crippen LogP contribution in [-0.4, -0.2) is 20.8 Å². The zero-order valence-electron chi connectivity index (χ0n) is 7.98. The van der Waals surface area contributed by atoms with Crippen molar-refractivity contribution in [2.75, 3.05) is 0 Å². The summed E-state index contributed by atoms with van der Waals surface area (Å²) in [5.41, 5.74) is 5.85. The van der Waals surface area contributed by atoms with Crippen molar-refractivity contribution in [2.45, 2.75) is 37.6 Å². The minimum absolute atomic E-state index is 0.407. The van der Waals surface area contributed by atoms with Gasteiger partial charge in [0.05, 0.1) is 0 Å². The molecular weight excluding hydrogens is 164 g/mol. The number of rotatable bonds is 1. The molecule has 1 fully saturated rings. The zero-order valence-corrected chi connectivity index (χ0v) is 7.98. The van der Waals surface area contributed by atoms with E-state index in [-0.39, 0.29) is 0 Å². The van der Waals surface area contributed by atoms with Crippen molar-refractivity contribution in [1.82, 2.24) is 14.8 Å². The predicted molar refractivity (Wildman–Crippen MR) is 50.2 cm³/mol. The lowest BCUT2D eigenvalue weighted by molar-refractivity contribution is 0.377. The lowest BCUT2D eigenvalue weighted by atomic mass is 9.86. The second-order valence-corrected chi connectivity index (χ2v) is 3.85. The van der Waals surface area contributed by atoms with Crippen molar-refractivity contribution in [1.29, 1.82) is 0 Å². The Labute approximate surface area is 78.1 Å². The third-order valence-corrected chi connectivity index (χ3v) is 2.88. The Bertz CT molecular complexity index is 273. The van der Waals surface area contributed by atoms with Gasteiger partial charge in [0.2, 0.25) is 0 Å². The van der Waals surface area contributed by atoms with Crippen LogP contribution in [-0.2, 0) is 7.05 Å². The van der Waals surface area contributed by atoms with E-state index >= 15 is 0 Å². The largest absolute Gasteiger partial charge is 0.328 e. The molecule has 72 valence electrons. The first-order valence-electron chi connectivity index (χ1n) is 4.87. The molecule has 2 N–H and O–H groups in total. The first-order valence-corrected chi connectivity index (χ1v) is 4.87. The van der Waals surface area contributed by atoms with E-state index in [0.29, 0.717) is 12.0 Å². The number of hydrogen-bond donors (Lipinski definition) is 1. The number of nitrogens with two attached hydrogens (primary N) is 1. The van der Waals surface area contributed by atoms with E-state index in [0.717, 1.165) is 31.5 Å². The third-order valence-electron chi connectivity index (χ3n) is 2.88. The van der Waals surface area contributed by atoms with Gasteiger partial charge in [0.25, 0.3) is 0 Å². The van der Waals surface area contributed by atoms with Crippen LogP contribution < -0.4 is 5.73 Å². The van der Waals surface area contributed by atoms with Gasteiger partial charge >= 0.3 is 0 Å². The maximum absolute atomic E-state index is 5.85. The van der Waals surface area contributed by atoms with Gasteiger partial charge in [-0.15, -0.1) is 0 Å². The van der Waals surface area contributed by atoms with Gasteiger partial charge in [0.1, 0.15) is 12.2 Å². The van der Waals surface area contributed by atoms with Gasteiger partial charge in [-0.2, -0.15) is 5.10 Å². The maximum atomic E-state index is 5.85. The molecule has 2 rings (SSSR count). The first kappa shape index (κ1) is 8.69. The summed E-state index contributed by atoms with van der Waals surface area (Å²) in [7, 11) is 1.96. The molecule has 0 spiro atoms. The summed E-state index contributed by atoms with van der Waals surface area (Å²) in [5, 5.41) is 4.09. The zero-order chi connectivity index (χ0) is 9.26. The molecule has 0 atom stereocenters. The normalized spacial score (nSPS) is 29.1. The Morgan fingerprint density at radius 1 is 1.38 bits per heavy atom. The van der Waals surface area contributed by atoms with Crippen molar-refractivity contribution in [3.63, 3.8) is 0 Å². The van der Waals surface area contributed by atoms with E-state index in [1.54, 1.807) is 6.33 Å². The fourth-order valence-corrected chi connectivity index (χ4v) is 2.05. The Morgan fingerprint density at radius 2 is 2.08 bits per heavy atom. The highest BCUT2D eigenvalue weighted by atomic mass is 15.3. The first-order chi connectivity index (χ1) is 6.27. The molecule has 0 radical (unpaired) electrons. The van der Waals surface area contributed by atoms with Crippen LogP contribution in [0.5, 0.6) is 0 Å². The second kappa shape index (κ2) is 3.46. The molecule has 13 heavy (non-hydrogen) atoms.